The van der Waals surface area contributed by atoms with Gasteiger partial charge in [0.1, 0.15) is 19.0 Å². The Hall–Kier alpha value is -3.63. The number of fused-ring (bicyclic) bond motifs is 5. The van der Waals surface area contributed by atoms with E-state index in [1.807, 2.05) is 6.92 Å². The maximum absolute atomic E-state index is 15.1. The zero-order chi connectivity index (χ0) is 27.1. The number of aromatic nitrogens is 2. The van der Waals surface area contributed by atoms with E-state index in [0.29, 0.717) is 47.3 Å². The molecule has 6 rings (SSSR count). The van der Waals surface area contributed by atoms with Crippen LogP contribution in [0.2, 0.25) is 0 Å². The molecule has 38 heavy (non-hydrogen) atoms. The molecule has 1 unspecified atom stereocenters. The number of benzene rings is 1. The van der Waals surface area contributed by atoms with E-state index >= 15 is 4.39 Å². The van der Waals surface area contributed by atoms with E-state index in [2.05, 4.69) is 5.32 Å². The van der Waals surface area contributed by atoms with Crippen LogP contribution in [-0.4, -0.2) is 38.2 Å². The lowest BCUT2D eigenvalue weighted by atomic mass is 9.82. The highest BCUT2D eigenvalue weighted by molar-refractivity contribution is 5.94. The summed E-state index contributed by atoms with van der Waals surface area (Å²) in [6.07, 6.45) is 1.79. The molecule has 4 heterocycles. The van der Waals surface area contributed by atoms with Crippen molar-refractivity contribution in [3.05, 3.63) is 61.7 Å². The number of ether oxygens (including phenoxy) is 1. The summed E-state index contributed by atoms with van der Waals surface area (Å²) in [5.41, 5.74) is 1.14. The van der Waals surface area contributed by atoms with E-state index in [0.717, 1.165) is 16.5 Å². The molecule has 0 saturated heterocycles. The average molecular weight is 522 g/mol. The first kappa shape index (κ1) is 24.7. The van der Waals surface area contributed by atoms with Crippen molar-refractivity contribution < 1.29 is 28.9 Å². The van der Waals surface area contributed by atoms with E-state index in [1.54, 1.807) is 19.9 Å². The molecule has 2 aliphatic heterocycles. The van der Waals surface area contributed by atoms with Crippen molar-refractivity contribution in [1.82, 2.24) is 14.9 Å². The predicted molar refractivity (Wildman–Crippen MR) is 135 cm³/mol. The molecule has 0 spiro atoms. The number of hydrogen-bond acceptors (Lipinski definition) is 7. The van der Waals surface area contributed by atoms with Crippen molar-refractivity contribution in [2.24, 2.45) is 0 Å². The fourth-order valence-electron chi connectivity index (χ4n) is 6.53. The van der Waals surface area contributed by atoms with Crippen molar-refractivity contribution in [2.75, 3.05) is 6.61 Å². The van der Waals surface area contributed by atoms with E-state index in [1.165, 1.54) is 10.6 Å². The highest BCUT2D eigenvalue weighted by Gasteiger charge is 2.46. The van der Waals surface area contributed by atoms with E-state index in [-0.39, 0.29) is 30.7 Å². The first-order valence-electron chi connectivity index (χ1n) is 12.8. The van der Waals surface area contributed by atoms with Gasteiger partial charge >= 0.3 is 5.97 Å². The van der Waals surface area contributed by atoms with Gasteiger partial charge < -0.3 is 24.8 Å². The minimum atomic E-state index is -1.96. The van der Waals surface area contributed by atoms with Gasteiger partial charge in [0, 0.05) is 22.6 Å². The van der Waals surface area contributed by atoms with Crippen LogP contribution < -0.4 is 10.9 Å². The third-order valence-corrected chi connectivity index (χ3v) is 8.52. The first-order valence-corrected chi connectivity index (χ1v) is 12.8. The van der Waals surface area contributed by atoms with Crippen LogP contribution in [0.5, 0.6) is 0 Å². The number of carbonyl (C=O) groups excluding carboxylic acids is 2. The number of rotatable bonds is 3. The molecule has 3 N–H and O–H groups in total. The summed E-state index contributed by atoms with van der Waals surface area (Å²) in [6.45, 7) is 4.46. The van der Waals surface area contributed by atoms with E-state index < -0.39 is 41.0 Å². The lowest BCUT2D eigenvalue weighted by Gasteiger charge is -2.33. The van der Waals surface area contributed by atoms with Crippen LogP contribution in [0.1, 0.15) is 66.5 Å². The van der Waals surface area contributed by atoms with Crippen LogP contribution in [0.3, 0.4) is 0 Å². The third-order valence-electron chi connectivity index (χ3n) is 8.52. The Morgan fingerprint density at radius 1 is 1.26 bits per heavy atom. The molecule has 0 fully saturated rings. The molecule has 10 heteroatoms. The molecule has 2 atom stereocenters. The van der Waals surface area contributed by atoms with Gasteiger partial charge in [-0.25, -0.2) is 14.2 Å². The molecule has 1 amide bonds. The Kier molecular flexibility index (Phi) is 5.32. The topological polar surface area (TPSA) is 131 Å². The molecule has 0 saturated carbocycles. The summed E-state index contributed by atoms with van der Waals surface area (Å²) in [5.74, 6) is -1.74. The molecule has 198 valence electrons. The minimum Gasteiger partial charge on any atom is -0.458 e. The standard InChI is InChI=1S/C28H28FN3O6/c1-4-28(37)17-8-20-24-15(10-32(20)25(35)16(17)12-38-26(28)36)23-22-14(13(2)18(29)9-19(22)30-24)6-5-7-27(23,3)31-21(34)11-33/h8-9,33,37H,4-7,10-12H2,1-3H3,(H,31,34)/t27?,28-/m0/s1. The fourth-order valence-corrected chi connectivity index (χ4v) is 6.53. The zero-order valence-electron chi connectivity index (χ0n) is 21.4. The molecule has 1 aliphatic carbocycles. The van der Waals surface area contributed by atoms with Crippen LogP contribution >= 0.6 is 0 Å². The minimum absolute atomic E-state index is 0.0179. The summed E-state index contributed by atoms with van der Waals surface area (Å²) in [4.78, 5) is 43.5. The van der Waals surface area contributed by atoms with Gasteiger partial charge in [-0.1, -0.05) is 6.92 Å². The second-order valence-electron chi connectivity index (χ2n) is 10.7. The molecule has 9 nitrogen and oxygen atoms in total. The van der Waals surface area contributed by atoms with Crippen LogP contribution in [0.15, 0.2) is 16.9 Å². The summed E-state index contributed by atoms with van der Waals surface area (Å²) < 4.78 is 21.8. The van der Waals surface area contributed by atoms with Crippen molar-refractivity contribution in [2.45, 2.75) is 70.7 Å². The second kappa shape index (κ2) is 8.18. The third kappa shape index (κ3) is 3.16. The Morgan fingerprint density at radius 3 is 2.74 bits per heavy atom. The highest BCUT2D eigenvalue weighted by Crippen LogP contribution is 2.47. The Morgan fingerprint density at radius 2 is 2.03 bits per heavy atom. The smallest absolute Gasteiger partial charge is 0.343 e. The van der Waals surface area contributed by atoms with Gasteiger partial charge in [0.15, 0.2) is 5.60 Å². The molecule has 3 aliphatic rings. The lowest BCUT2D eigenvalue weighted by Crippen LogP contribution is -2.45. The normalized spacial score (nSPS) is 23.4. The fraction of sp³-hybridized carbons (Fsp3) is 0.429. The average Bonchev–Trinajstić information content (AvgIpc) is 3.17. The molecule has 2 aromatic heterocycles. The Bertz CT molecular complexity index is 1650. The highest BCUT2D eigenvalue weighted by atomic mass is 19.1. The SMILES string of the molecule is CC[C@@]1(O)C(=O)OCc2c1cc1n(c2=O)Cc2c-1nc1cc(F)c(C)c3c1c2C(C)(NC(=O)CO)CCC3. The number of nitrogens with one attached hydrogen (secondary N) is 1. The van der Waals surface area contributed by atoms with Crippen molar-refractivity contribution >= 4 is 22.8 Å². The summed E-state index contributed by atoms with van der Waals surface area (Å²) in [5, 5.41) is 24.4. The molecule has 1 aromatic carbocycles. The summed E-state index contributed by atoms with van der Waals surface area (Å²) in [7, 11) is 0. The van der Waals surface area contributed by atoms with Gasteiger partial charge in [0.05, 0.1) is 34.6 Å². The number of halogens is 1. The number of nitrogens with zero attached hydrogens (tertiary/aromatic N) is 2. The number of carbonyl (C=O) groups is 2. The molecule has 0 radical (unpaired) electrons. The Labute approximate surface area is 217 Å². The number of amides is 1. The number of esters is 1. The quantitative estimate of drug-likeness (QED) is 0.352. The molecular formula is C28H28FN3O6. The first-order chi connectivity index (χ1) is 18.0. The van der Waals surface area contributed by atoms with Gasteiger partial charge in [0.2, 0.25) is 5.91 Å². The number of pyridine rings is 2. The van der Waals surface area contributed by atoms with Crippen LogP contribution in [0.25, 0.3) is 22.3 Å². The molecule has 0 bridgehead atoms. The maximum atomic E-state index is 15.1. The van der Waals surface area contributed by atoms with Crippen LogP contribution in [0.4, 0.5) is 4.39 Å². The second-order valence-corrected chi connectivity index (χ2v) is 10.7. The van der Waals surface area contributed by atoms with Crippen LogP contribution in [-0.2, 0) is 45.0 Å². The number of hydrogen-bond donors (Lipinski definition) is 3. The predicted octanol–water partition coefficient (Wildman–Crippen LogP) is 2.19. The van der Waals surface area contributed by atoms with E-state index in [4.69, 9.17) is 9.72 Å². The van der Waals surface area contributed by atoms with Crippen LogP contribution in [0, 0.1) is 12.7 Å². The molecule has 3 aromatic rings. The summed E-state index contributed by atoms with van der Waals surface area (Å²) in [6, 6.07) is 2.99. The largest absolute Gasteiger partial charge is 0.458 e. The van der Waals surface area contributed by atoms with Crippen molar-refractivity contribution in [3.8, 4) is 11.4 Å². The monoisotopic (exact) mass is 521 g/mol. The van der Waals surface area contributed by atoms with Gasteiger partial charge in [-0.3, -0.25) is 9.59 Å². The number of aryl methyl sites for hydroxylation is 1. The van der Waals surface area contributed by atoms with E-state index in [9.17, 15) is 24.6 Å². The number of aliphatic hydroxyl groups excluding tert-OH is 1. The number of aliphatic hydroxyl groups is 2. The Balaban J connectivity index is 1.71. The van der Waals surface area contributed by atoms with Crippen molar-refractivity contribution in [3.63, 3.8) is 0 Å². The van der Waals surface area contributed by atoms with Gasteiger partial charge in [-0.2, -0.15) is 0 Å². The number of cyclic esters (lactones) is 1. The van der Waals surface area contributed by atoms with Crippen molar-refractivity contribution in [1.29, 1.82) is 0 Å². The lowest BCUT2D eigenvalue weighted by molar-refractivity contribution is -0.172. The van der Waals surface area contributed by atoms with Gasteiger partial charge in [0.25, 0.3) is 5.56 Å². The summed E-state index contributed by atoms with van der Waals surface area (Å²) >= 11 is 0. The maximum Gasteiger partial charge on any atom is 0.343 e. The van der Waals surface area contributed by atoms with Gasteiger partial charge in [-0.05, 0) is 62.3 Å². The zero-order valence-corrected chi connectivity index (χ0v) is 21.4. The van der Waals surface area contributed by atoms with Gasteiger partial charge in [-0.15, -0.1) is 0 Å². The molecular weight excluding hydrogens is 493 g/mol.